The molecule has 0 fully saturated rings. The summed E-state index contributed by atoms with van der Waals surface area (Å²) in [5.41, 5.74) is 2.16. The van der Waals surface area contributed by atoms with Gasteiger partial charge >= 0.3 is 0 Å². The molecule has 0 spiro atoms. The first-order valence-corrected chi connectivity index (χ1v) is 5.13. The highest BCUT2D eigenvalue weighted by atomic mass is 14.9. The van der Waals surface area contributed by atoms with Gasteiger partial charge in [-0.25, -0.2) is 0 Å². The maximum absolute atomic E-state index is 4.05. The first-order valence-electron chi connectivity index (χ1n) is 5.13. The highest BCUT2D eigenvalue weighted by Gasteiger charge is 2.14. The zero-order valence-electron chi connectivity index (χ0n) is 9.93. The molecule has 0 aromatic heterocycles. The van der Waals surface area contributed by atoms with Crippen molar-refractivity contribution in [2.24, 2.45) is 11.8 Å². The maximum atomic E-state index is 4.05. The van der Waals surface area contributed by atoms with Crippen LogP contribution in [-0.2, 0) is 0 Å². The van der Waals surface area contributed by atoms with E-state index in [2.05, 4.69) is 45.8 Å². The summed E-state index contributed by atoms with van der Waals surface area (Å²) < 4.78 is 0. The van der Waals surface area contributed by atoms with Gasteiger partial charge in [0.25, 0.3) is 0 Å². The van der Waals surface area contributed by atoms with Gasteiger partial charge in [0, 0.05) is 17.7 Å². The lowest BCUT2D eigenvalue weighted by molar-refractivity contribution is 0.485. The predicted molar refractivity (Wildman–Crippen MR) is 65.1 cm³/mol. The van der Waals surface area contributed by atoms with Gasteiger partial charge in [-0.15, -0.1) is 6.58 Å². The fraction of sp³-hybridized carbons (Fsp3) is 0.538. The number of rotatable bonds is 6. The third-order valence-corrected chi connectivity index (χ3v) is 2.52. The van der Waals surface area contributed by atoms with Gasteiger partial charge < -0.3 is 5.32 Å². The fourth-order valence-electron chi connectivity index (χ4n) is 1.31. The normalized spacial score (nSPS) is 14.6. The fourth-order valence-corrected chi connectivity index (χ4v) is 1.31. The van der Waals surface area contributed by atoms with Crippen molar-refractivity contribution in [3.63, 3.8) is 0 Å². The minimum absolute atomic E-state index is 0.281. The zero-order valence-corrected chi connectivity index (χ0v) is 9.93. The van der Waals surface area contributed by atoms with E-state index in [1.165, 1.54) is 0 Å². The minimum Gasteiger partial charge on any atom is -0.382 e. The van der Waals surface area contributed by atoms with Crippen molar-refractivity contribution in [3.8, 4) is 0 Å². The van der Waals surface area contributed by atoms with Gasteiger partial charge in [-0.1, -0.05) is 38.7 Å². The molecule has 1 heteroatoms. The highest BCUT2D eigenvalue weighted by Crippen LogP contribution is 2.19. The Morgan fingerprint density at radius 1 is 1.21 bits per heavy atom. The van der Waals surface area contributed by atoms with Crippen LogP contribution >= 0.6 is 0 Å². The molecule has 0 rings (SSSR count). The van der Waals surface area contributed by atoms with Crippen molar-refractivity contribution in [3.05, 3.63) is 37.1 Å². The van der Waals surface area contributed by atoms with Crippen LogP contribution in [0.2, 0.25) is 0 Å². The van der Waals surface area contributed by atoms with E-state index in [4.69, 9.17) is 0 Å². The average Bonchev–Trinajstić information content (AvgIpc) is 2.04. The Bertz CT molecular complexity index is 225. The molecule has 0 amide bonds. The Labute approximate surface area is 88.6 Å². The molecule has 0 saturated carbocycles. The highest BCUT2D eigenvalue weighted by molar-refractivity contribution is 5.12. The van der Waals surface area contributed by atoms with E-state index in [9.17, 15) is 0 Å². The van der Waals surface area contributed by atoms with E-state index < -0.39 is 0 Å². The molecule has 2 atom stereocenters. The van der Waals surface area contributed by atoms with Crippen LogP contribution in [0.1, 0.15) is 27.7 Å². The van der Waals surface area contributed by atoms with Gasteiger partial charge in [0.2, 0.25) is 0 Å². The summed E-state index contributed by atoms with van der Waals surface area (Å²) in [5, 5.41) is 3.35. The summed E-state index contributed by atoms with van der Waals surface area (Å²) >= 11 is 0. The van der Waals surface area contributed by atoms with E-state index >= 15 is 0 Å². The Morgan fingerprint density at radius 2 is 1.71 bits per heavy atom. The molecular formula is C13H23N. The molecular weight excluding hydrogens is 170 g/mol. The first-order chi connectivity index (χ1) is 6.40. The van der Waals surface area contributed by atoms with E-state index in [0.717, 1.165) is 11.3 Å². The minimum atomic E-state index is 0.281. The summed E-state index contributed by atoms with van der Waals surface area (Å²) in [6, 6.07) is 0.281. The van der Waals surface area contributed by atoms with Gasteiger partial charge in [0.05, 0.1) is 0 Å². The lowest BCUT2D eigenvalue weighted by Crippen LogP contribution is -2.30. The standard InChI is InChI=1S/C13H23N/c1-8-13(10(4)5)12(7)14-11(6)9(2)3/h8,10-11,13-14H,1-2,7H2,3-6H3/t11-,13?/m0/s1. The van der Waals surface area contributed by atoms with Crippen molar-refractivity contribution < 1.29 is 0 Å². The van der Waals surface area contributed by atoms with Crippen molar-refractivity contribution >= 4 is 0 Å². The van der Waals surface area contributed by atoms with Crippen LogP contribution in [0.5, 0.6) is 0 Å². The van der Waals surface area contributed by atoms with E-state index in [1.807, 2.05) is 13.0 Å². The summed E-state index contributed by atoms with van der Waals surface area (Å²) in [7, 11) is 0. The molecule has 80 valence electrons. The maximum Gasteiger partial charge on any atom is 0.0437 e. The molecule has 0 heterocycles. The topological polar surface area (TPSA) is 12.0 Å². The lowest BCUT2D eigenvalue weighted by Gasteiger charge is -2.24. The average molecular weight is 193 g/mol. The Balaban J connectivity index is 4.32. The summed E-state index contributed by atoms with van der Waals surface area (Å²) in [5.74, 6) is 0.863. The second-order valence-electron chi connectivity index (χ2n) is 4.24. The summed E-state index contributed by atoms with van der Waals surface area (Å²) in [4.78, 5) is 0. The first kappa shape index (κ1) is 13.0. The quantitative estimate of drug-likeness (QED) is 0.636. The van der Waals surface area contributed by atoms with Crippen LogP contribution in [0.15, 0.2) is 37.1 Å². The third kappa shape index (κ3) is 3.82. The van der Waals surface area contributed by atoms with Crippen LogP contribution < -0.4 is 5.32 Å². The summed E-state index contributed by atoms with van der Waals surface area (Å²) in [6.07, 6.45) is 1.95. The van der Waals surface area contributed by atoms with Crippen LogP contribution in [0.3, 0.4) is 0 Å². The van der Waals surface area contributed by atoms with Crippen LogP contribution in [0.4, 0.5) is 0 Å². The zero-order chi connectivity index (χ0) is 11.3. The molecule has 1 nitrogen and oxygen atoms in total. The second-order valence-corrected chi connectivity index (χ2v) is 4.24. The van der Waals surface area contributed by atoms with Gasteiger partial charge in [-0.05, 0) is 19.8 Å². The van der Waals surface area contributed by atoms with E-state index in [-0.39, 0.29) is 6.04 Å². The van der Waals surface area contributed by atoms with Crippen molar-refractivity contribution in [1.29, 1.82) is 0 Å². The molecule has 0 aliphatic heterocycles. The van der Waals surface area contributed by atoms with Crippen LogP contribution in [0, 0.1) is 11.8 Å². The largest absolute Gasteiger partial charge is 0.382 e. The SMILES string of the molecule is C=CC(C(=C)N[C@@H](C)C(=C)C)C(C)C. The second kappa shape index (κ2) is 5.69. The van der Waals surface area contributed by atoms with Crippen LogP contribution in [0.25, 0.3) is 0 Å². The number of hydrogen-bond donors (Lipinski definition) is 1. The Morgan fingerprint density at radius 3 is 2.00 bits per heavy atom. The van der Waals surface area contributed by atoms with E-state index in [0.29, 0.717) is 11.8 Å². The molecule has 0 aromatic rings. The monoisotopic (exact) mass is 193 g/mol. The Kier molecular flexibility index (Phi) is 5.29. The van der Waals surface area contributed by atoms with E-state index in [1.54, 1.807) is 0 Å². The molecule has 0 saturated heterocycles. The molecule has 1 N–H and O–H groups in total. The molecule has 0 bridgehead atoms. The number of nitrogens with one attached hydrogen (secondary N) is 1. The molecule has 0 aliphatic rings. The molecule has 0 aromatic carbocycles. The molecule has 0 aliphatic carbocycles. The Hall–Kier alpha value is -0.980. The van der Waals surface area contributed by atoms with Gasteiger partial charge in [-0.3, -0.25) is 0 Å². The van der Waals surface area contributed by atoms with Crippen molar-refractivity contribution in [1.82, 2.24) is 5.32 Å². The van der Waals surface area contributed by atoms with Crippen molar-refractivity contribution in [2.45, 2.75) is 33.7 Å². The lowest BCUT2D eigenvalue weighted by atomic mass is 9.92. The van der Waals surface area contributed by atoms with Gasteiger partial charge in [0.1, 0.15) is 0 Å². The van der Waals surface area contributed by atoms with Crippen molar-refractivity contribution in [2.75, 3.05) is 0 Å². The molecule has 14 heavy (non-hydrogen) atoms. The number of hydrogen-bond acceptors (Lipinski definition) is 1. The number of allylic oxidation sites excluding steroid dienone is 1. The third-order valence-electron chi connectivity index (χ3n) is 2.52. The van der Waals surface area contributed by atoms with Gasteiger partial charge in [0.15, 0.2) is 0 Å². The van der Waals surface area contributed by atoms with Crippen LogP contribution in [-0.4, -0.2) is 6.04 Å². The smallest absolute Gasteiger partial charge is 0.0437 e. The predicted octanol–water partition coefficient (Wildman–Crippen LogP) is 3.51. The van der Waals surface area contributed by atoms with Gasteiger partial charge in [-0.2, -0.15) is 0 Å². The molecule has 0 radical (unpaired) electrons. The summed E-state index contributed by atoms with van der Waals surface area (Å²) in [6.45, 7) is 20.2. The molecule has 1 unspecified atom stereocenters.